The quantitative estimate of drug-likeness (QED) is 0.469. The molecule has 1 spiro atoms. The molecule has 3 saturated carbocycles. The van der Waals surface area contributed by atoms with Crippen molar-refractivity contribution in [2.45, 2.75) is 69.8 Å². The average molecular weight is 520 g/mol. The number of nitrogens with zero attached hydrogens (tertiary/aromatic N) is 1. The van der Waals surface area contributed by atoms with E-state index in [1.54, 1.807) is 6.08 Å². The van der Waals surface area contributed by atoms with Gasteiger partial charge in [0, 0.05) is 11.8 Å². The van der Waals surface area contributed by atoms with Crippen molar-refractivity contribution in [1.82, 2.24) is 0 Å². The first-order valence-corrected chi connectivity index (χ1v) is 14.7. The molecule has 0 radical (unpaired) electrons. The molecule has 4 heteroatoms. The summed E-state index contributed by atoms with van der Waals surface area (Å²) in [6.45, 7) is 2.26. The van der Waals surface area contributed by atoms with Crippen LogP contribution in [0.5, 0.6) is 0 Å². The van der Waals surface area contributed by atoms with E-state index in [2.05, 4.69) is 31.2 Å². The van der Waals surface area contributed by atoms with Crippen LogP contribution in [-0.4, -0.2) is 28.2 Å². The maximum absolute atomic E-state index is 12.6. The van der Waals surface area contributed by atoms with Gasteiger partial charge in [-0.2, -0.15) is 5.26 Å². The van der Waals surface area contributed by atoms with Crippen LogP contribution < -0.4 is 0 Å². The van der Waals surface area contributed by atoms with Crippen LogP contribution in [0, 0.1) is 39.9 Å². The van der Waals surface area contributed by atoms with Crippen LogP contribution in [0.2, 0.25) is 0 Å². The predicted octanol–water partition coefficient (Wildman–Crippen LogP) is 6.27. The second-order valence-electron chi connectivity index (χ2n) is 13.2. The molecule has 0 heterocycles. The zero-order valence-electron chi connectivity index (χ0n) is 22.7. The fraction of sp³-hybridized carbons (Fsp3) is 0.486. The van der Waals surface area contributed by atoms with Crippen LogP contribution in [0.3, 0.4) is 0 Å². The van der Waals surface area contributed by atoms with Gasteiger partial charge in [-0.25, -0.2) is 0 Å². The lowest BCUT2D eigenvalue weighted by Gasteiger charge is -2.65. The van der Waals surface area contributed by atoms with Gasteiger partial charge in [-0.1, -0.05) is 55.0 Å². The molecule has 0 bridgehead atoms. The monoisotopic (exact) mass is 519 g/mol. The largest absolute Gasteiger partial charge is 0.392 e. The zero-order valence-corrected chi connectivity index (χ0v) is 22.7. The fourth-order valence-corrected chi connectivity index (χ4v) is 10.1. The average Bonchev–Trinajstić information content (AvgIpc) is 3.22. The molecule has 0 aromatic heterocycles. The number of nitriles is 1. The summed E-state index contributed by atoms with van der Waals surface area (Å²) in [6.07, 6.45) is 13.0. The number of fused-ring (bicyclic) bond motifs is 4. The van der Waals surface area contributed by atoms with Crippen LogP contribution >= 0.6 is 0 Å². The van der Waals surface area contributed by atoms with E-state index in [-0.39, 0.29) is 23.2 Å². The highest BCUT2D eigenvalue weighted by molar-refractivity contribution is 5.91. The van der Waals surface area contributed by atoms with Crippen LogP contribution in [0.25, 0.3) is 11.1 Å². The molecular weight excluding hydrogens is 482 g/mol. The summed E-state index contributed by atoms with van der Waals surface area (Å²) in [7, 11) is 0. The first-order chi connectivity index (χ1) is 18.8. The Kier molecular flexibility index (Phi) is 5.61. The summed E-state index contributed by atoms with van der Waals surface area (Å²) in [5.74, 6) is 2.09. The van der Waals surface area contributed by atoms with Gasteiger partial charge in [-0.05, 0) is 114 Å². The van der Waals surface area contributed by atoms with E-state index in [9.17, 15) is 20.3 Å². The van der Waals surface area contributed by atoms with Gasteiger partial charge in [-0.15, -0.1) is 0 Å². The molecule has 2 N–H and O–H groups in total. The van der Waals surface area contributed by atoms with Gasteiger partial charge >= 0.3 is 0 Å². The number of carbonyl (C=O) groups excluding carboxylic acids is 1. The van der Waals surface area contributed by atoms with Crippen molar-refractivity contribution in [3.05, 3.63) is 83.0 Å². The minimum atomic E-state index is -0.906. The van der Waals surface area contributed by atoms with Crippen LogP contribution in [0.1, 0.15) is 74.5 Å². The number of hydrogen-bond donors (Lipinski definition) is 2. The SMILES string of the molecule is C[C@]12CC3c4ccc(-c5ccc(C#N)cc5)cc4C[C@]45CCC(=O)C=C4CC[C@H]([C@H]35)[C@@H]1CC[C@@]2(O)/C=C/CO. The second-order valence-corrected chi connectivity index (χ2v) is 13.2. The first-order valence-electron chi connectivity index (χ1n) is 14.7. The number of rotatable bonds is 3. The molecule has 7 rings (SSSR count). The molecule has 1 unspecified atom stereocenters. The predicted molar refractivity (Wildman–Crippen MR) is 151 cm³/mol. The van der Waals surface area contributed by atoms with Crippen molar-refractivity contribution in [3.8, 4) is 17.2 Å². The Balaban J connectivity index is 1.38. The zero-order chi connectivity index (χ0) is 27.0. The van der Waals surface area contributed by atoms with Gasteiger partial charge in [-0.3, -0.25) is 4.79 Å². The lowest BCUT2D eigenvalue weighted by atomic mass is 9.39. The molecule has 200 valence electrons. The molecule has 2 aromatic rings. The standard InChI is InChI=1S/C35H37NO3/c1-33-20-30-28-9-7-24(23-5-3-22(21-36)4-6-23)17-25(28)19-34-14-11-27(38)18-26(34)8-10-29(32(30)34)31(33)12-15-35(33,39)13-2-16-37/h2-7,9,13,17-18,29-32,37,39H,8,10-12,14-16,19-20H2,1H3/b13-2+/t29-,30?,31-,32+,33-,34+,35-/m0/s1. The smallest absolute Gasteiger partial charge is 0.155 e. The van der Waals surface area contributed by atoms with E-state index < -0.39 is 5.60 Å². The van der Waals surface area contributed by atoms with Gasteiger partial charge in [0.25, 0.3) is 0 Å². The van der Waals surface area contributed by atoms with E-state index in [4.69, 9.17) is 0 Å². The van der Waals surface area contributed by atoms with Gasteiger partial charge < -0.3 is 10.2 Å². The molecule has 2 aromatic carbocycles. The van der Waals surface area contributed by atoms with Crippen molar-refractivity contribution in [2.75, 3.05) is 6.61 Å². The fourth-order valence-electron chi connectivity index (χ4n) is 10.1. The Morgan fingerprint density at radius 1 is 1.08 bits per heavy atom. The van der Waals surface area contributed by atoms with Crippen molar-refractivity contribution in [2.24, 2.45) is 28.6 Å². The number of benzene rings is 2. The Hall–Kier alpha value is -3.00. The third-order valence-electron chi connectivity index (χ3n) is 11.8. The van der Waals surface area contributed by atoms with Crippen molar-refractivity contribution in [1.29, 1.82) is 5.26 Å². The topological polar surface area (TPSA) is 81.3 Å². The minimum absolute atomic E-state index is 0.0285. The lowest BCUT2D eigenvalue weighted by molar-refractivity contribution is -0.128. The van der Waals surface area contributed by atoms with Crippen LogP contribution in [0.15, 0.2) is 66.3 Å². The normalized spacial score (nSPS) is 38.3. The van der Waals surface area contributed by atoms with Gasteiger partial charge in [0.1, 0.15) is 0 Å². The highest BCUT2D eigenvalue weighted by Crippen LogP contribution is 2.73. The van der Waals surface area contributed by atoms with E-state index in [1.165, 1.54) is 22.3 Å². The van der Waals surface area contributed by atoms with Gasteiger partial charge in [0.15, 0.2) is 5.78 Å². The Labute approximate surface area is 231 Å². The Morgan fingerprint density at radius 3 is 2.64 bits per heavy atom. The molecular formula is C35H37NO3. The summed E-state index contributed by atoms with van der Waals surface area (Å²) in [5, 5.41) is 30.8. The number of carbonyl (C=O) groups is 1. The van der Waals surface area contributed by atoms with Crippen LogP contribution in [-0.2, 0) is 11.2 Å². The molecule has 0 amide bonds. The van der Waals surface area contributed by atoms with Crippen molar-refractivity contribution in [3.63, 3.8) is 0 Å². The maximum Gasteiger partial charge on any atom is 0.155 e. The van der Waals surface area contributed by atoms with Crippen molar-refractivity contribution >= 4 is 5.78 Å². The van der Waals surface area contributed by atoms with E-state index in [0.29, 0.717) is 35.7 Å². The molecule has 5 aliphatic rings. The van der Waals surface area contributed by atoms with Crippen molar-refractivity contribution < 1.29 is 15.0 Å². The number of allylic oxidation sites excluding steroid dienone is 1. The van der Waals surface area contributed by atoms with Gasteiger partial charge in [0.2, 0.25) is 0 Å². The summed E-state index contributed by atoms with van der Waals surface area (Å²) in [4.78, 5) is 12.6. The molecule has 0 aliphatic heterocycles. The molecule has 39 heavy (non-hydrogen) atoms. The number of aliphatic hydroxyl groups excluding tert-OH is 1. The highest BCUT2D eigenvalue weighted by Gasteiger charge is 2.67. The maximum atomic E-state index is 12.6. The van der Waals surface area contributed by atoms with Crippen LogP contribution in [0.4, 0.5) is 0 Å². The molecule has 3 fully saturated rings. The van der Waals surface area contributed by atoms with E-state index in [1.807, 2.05) is 36.4 Å². The lowest BCUT2D eigenvalue weighted by Crippen LogP contribution is -2.59. The molecule has 0 saturated heterocycles. The summed E-state index contributed by atoms with van der Waals surface area (Å²) >= 11 is 0. The third kappa shape index (κ3) is 3.46. The number of hydrogen-bond acceptors (Lipinski definition) is 4. The molecule has 4 nitrogen and oxygen atoms in total. The Bertz CT molecular complexity index is 1450. The molecule has 7 atom stereocenters. The van der Waals surface area contributed by atoms with E-state index in [0.717, 1.165) is 50.5 Å². The second kappa shape index (κ2) is 8.75. The highest BCUT2D eigenvalue weighted by atomic mass is 16.3. The third-order valence-corrected chi connectivity index (χ3v) is 11.8. The summed E-state index contributed by atoms with van der Waals surface area (Å²) in [5.41, 5.74) is 6.01. The molecule has 5 aliphatic carbocycles. The first kappa shape index (κ1) is 25.0. The Morgan fingerprint density at radius 2 is 1.87 bits per heavy atom. The number of aliphatic hydroxyl groups is 2. The summed E-state index contributed by atoms with van der Waals surface area (Å²) < 4.78 is 0. The van der Waals surface area contributed by atoms with Gasteiger partial charge in [0.05, 0.1) is 23.8 Å². The number of ketones is 1. The van der Waals surface area contributed by atoms with E-state index >= 15 is 0 Å². The minimum Gasteiger partial charge on any atom is -0.392 e. The summed E-state index contributed by atoms with van der Waals surface area (Å²) in [6, 6.07) is 17.0.